The molecule has 1 aromatic carbocycles. The second-order valence-electron chi connectivity index (χ2n) is 7.50. The number of amides is 1. The van der Waals surface area contributed by atoms with Gasteiger partial charge in [-0.2, -0.15) is 4.98 Å². The number of ether oxygens (including phenoxy) is 2. The number of rotatable bonds is 5. The number of nitrogens with one attached hydrogen (secondary N) is 1. The van der Waals surface area contributed by atoms with Gasteiger partial charge in [-0.25, -0.2) is 4.79 Å². The van der Waals surface area contributed by atoms with Crippen molar-refractivity contribution in [2.24, 2.45) is 0 Å². The van der Waals surface area contributed by atoms with Gasteiger partial charge >= 0.3 is 5.69 Å². The maximum absolute atomic E-state index is 13.3. The summed E-state index contributed by atoms with van der Waals surface area (Å²) in [6.07, 6.45) is 4.77. The van der Waals surface area contributed by atoms with Crippen LogP contribution >= 0.6 is 0 Å². The number of anilines is 1. The van der Waals surface area contributed by atoms with Crippen LogP contribution < -0.4 is 11.0 Å². The van der Waals surface area contributed by atoms with Crippen LogP contribution in [-0.2, 0) is 19.7 Å². The molecule has 1 aliphatic heterocycles. The second kappa shape index (κ2) is 8.44. The zero-order valence-electron chi connectivity index (χ0n) is 16.1. The number of benzene rings is 1. The lowest BCUT2D eigenvalue weighted by molar-refractivity contribution is -0.122. The first-order chi connectivity index (χ1) is 14.1. The largest absolute Gasteiger partial charge is 0.391 e. The van der Waals surface area contributed by atoms with E-state index in [0.717, 1.165) is 37.7 Å². The molecule has 2 N–H and O–H groups in total. The predicted molar refractivity (Wildman–Crippen MR) is 105 cm³/mol. The lowest BCUT2D eigenvalue weighted by Gasteiger charge is -2.36. The number of hydrogen-bond donors (Lipinski definition) is 2. The lowest BCUT2D eigenvalue weighted by Crippen LogP contribution is -2.42. The topological polar surface area (TPSA) is 103 Å². The molecule has 29 heavy (non-hydrogen) atoms. The molecule has 2 aliphatic rings. The number of nitrogens with zero attached hydrogens (tertiary/aromatic N) is 2. The maximum atomic E-state index is 13.3. The maximum Gasteiger partial charge on any atom is 0.351 e. The van der Waals surface area contributed by atoms with Crippen molar-refractivity contribution in [1.29, 1.82) is 0 Å². The van der Waals surface area contributed by atoms with Crippen LogP contribution in [0, 0.1) is 0 Å². The van der Waals surface area contributed by atoms with Gasteiger partial charge < -0.3 is 19.9 Å². The van der Waals surface area contributed by atoms with Crippen molar-refractivity contribution in [3.05, 3.63) is 58.6 Å². The van der Waals surface area contributed by atoms with Crippen LogP contribution in [0.4, 0.5) is 5.82 Å². The Labute approximate surface area is 168 Å². The minimum atomic E-state index is -0.747. The van der Waals surface area contributed by atoms with E-state index in [0.29, 0.717) is 0 Å². The molecule has 8 heteroatoms. The van der Waals surface area contributed by atoms with Gasteiger partial charge in [0.25, 0.3) is 0 Å². The van der Waals surface area contributed by atoms with Crippen LogP contribution in [0.1, 0.15) is 43.9 Å². The number of hydrogen-bond acceptors (Lipinski definition) is 6. The van der Waals surface area contributed by atoms with Gasteiger partial charge in [-0.3, -0.25) is 9.36 Å². The van der Waals surface area contributed by atoms with Crippen LogP contribution in [0.3, 0.4) is 0 Å². The van der Waals surface area contributed by atoms with Crippen LogP contribution in [0.5, 0.6) is 0 Å². The van der Waals surface area contributed by atoms with Crippen LogP contribution in [0.25, 0.3) is 0 Å². The van der Waals surface area contributed by atoms with Crippen molar-refractivity contribution in [2.45, 2.75) is 50.0 Å². The van der Waals surface area contributed by atoms with Crippen LogP contribution in [0.15, 0.2) is 47.4 Å². The Balaban J connectivity index is 1.54. The molecule has 2 heterocycles. The standard InChI is InChI=1S/C21H25N3O5/c25-13-18-28-14-17(29-18)24-12-9-16(23-20(24)27)22-19(26)21(10-5-2-6-11-21)15-7-3-1-4-8-15/h1,3-4,7-9,12,17-18,25H,2,5-6,10-11,13-14H2,(H,22,23,26,27). The quantitative estimate of drug-likeness (QED) is 0.797. The Bertz CT molecular complexity index is 908. The highest BCUT2D eigenvalue weighted by Gasteiger charge is 2.41. The summed E-state index contributed by atoms with van der Waals surface area (Å²) >= 11 is 0. The van der Waals surface area contributed by atoms with Gasteiger partial charge in [0.2, 0.25) is 5.91 Å². The molecule has 2 aromatic rings. The zero-order valence-corrected chi connectivity index (χ0v) is 16.1. The van der Waals surface area contributed by atoms with Crippen LogP contribution in [0.2, 0.25) is 0 Å². The summed E-state index contributed by atoms with van der Waals surface area (Å²) in [7, 11) is 0. The fourth-order valence-electron chi connectivity index (χ4n) is 4.18. The predicted octanol–water partition coefficient (Wildman–Crippen LogP) is 1.95. The van der Waals surface area contributed by atoms with Crippen LogP contribution in [-0.4, -0.2) is 40.1 Å². The monoisotopic (exact) mass is 399 g/mol. The Morgan fingerprint density at radius 1 is 1.21 bits per heavy atom. The van der Waals surface area contributed by atoms with Gasteiger partial charge in [0.1, 0.15) is 5.82 Å². The van der Waals surface area contributed by atoms with E-state index in [2.05, 4.69) is 10.3 Å². The summed E-state index contributed by atoms with van der Waals surface area (Å²) in [4.78, 5) is 29.7. The molecule has 2 unspecified atom stereocenters. The number of aliphatic hydroxyl groups is 1. The summed E-state index contributed by atoms with van der Waals surface area (Å²) in [5.41, 5.74) is -0.156. The molecule has 1 amide bonds. The summed E-state index contributed by atoms with van der Waals surface area (Å²) in [6.45, 7) is -0.135. The molecule has 4 rings (SSSR count). The van der Waals surface area contributed by atoms with E-state index in [1.807, 2.05) is 30.3 Å². The minimum Gasteiger partial charge on any atom is -0.391 e. The highest BCUT2D eigenvalue weighted by atomic mass is 16.7. The molecule has 8 nitrogen and oxygen atoms in total. The highest BCUT2D eigenvalue weighted by molar-refractivity contribution is 5.98. The van der Waals surface area contributed by atoms with E-state index < -0.39 is 23.6 Å². The summed E-state index contributed by atoms with van der Waals surface area (Å²) in [5, 5.41) is 11.9. The van der Waals surface area contributed by atoms with Crippen molar-refractivity contribution < 1.29 is 19.4 Å². The summed E-state index contributed by atoms with van der Waals surface area (Å²) < 4.78 is 12.0. The fraction of sp³-hybridized carbons (Fsp3) is 0.476. The first kappa shape index (κ1) is 19.8. The second-order valence-corrected chi connectivity index (χ2v) is 7.50. The molecule has 1 saturated carbocycles. The molecule has 1 aromatic heterocycles. The SMILES string of the molecule is O=C(Nc1ccn(C2COC(CO)O2)c(=O)n1)C1(c2ccccc2)CCCCC1. The van der Waals surface area contributed by atoms with E-state index in [1.165, 1.54) is 10.8 Å². The summed E-state index contributed by atoms with van der Waals surface area (Å²) in [6, 6.07) is 11.4. The zero-order chi connectivity index (χ0) is 20.3. The highest BCUT2D eigenvalue weighted by Crippen LogP contribution is 2.40. The number of carbonyl (C=O) groups is 1. The lowest BCUT2D eigenvalue weighted by atomic mass is 9.68. The van der Waals surface area contributed by atoms with Gasteiger partial charge in [0.15, 0.2) is 12.5 Å². The molecule has 154 valence electrons. The van der Waals surface area contributed by atoms with E-state index in [-0.39, 0.29) is 24.9 Å². The fourth-order valence-corrected chi connectivity index (χ4v) is 4.18. The van der Waals surface area contributed by atoms with Gasteiger partial charge in [-0.1, -0.05) is 49.6 Å². The third kappa shape index (κ3) is 3.96. The molecule has 1 saturated heterocycles. The third-order valence-electron chi connectivity index (χ3n) is 5.73. The molecule has 2 atom stereocenters. The first-order valence-electron chi connectivity index (χ1n) is 9.96. The van der Waals surface area contributed by atoms with Crippen molar-refractivity contribution in [3.63, 3.8) is 0 Å². The van der Waals surface area contributed by atoms with E-state index in [1.54, 1.807) is 6.07 Å². The Morgan fingerprint density at radius 3 is 2.62 bits per heavy atom. The van der Waals surface area contributed by atoms with Gasteiger partial charge in [-0.05, 0) is 24.5 Å². The Morgan fingerprint density at radius 2 is 1.97 bits per heavy atom. The molecular weight excluding hydrogens is 374 g/mol. The van der Waals surface area contributed by atoms with Gasteiger partial charge in [0.05, 0.1) is 18.6 Å². The number of aliphatic hydroxyl groups excluding tert-OH is 1. The molecule has 1 aliphatic carbocycles. The summed E-state index contributed by atoms with van der Waals surface area (Å²) in [5.74, 6) is 0.0867. The van der Waals surface area contributed by atoms with Gasteiger partial charge in [-0.15, -0.1) is 0 Å². The number of carbonyl (C=O) groups excluding carboxylic acids is 1. The van der Waals surface area contributed by atoms with Crippen molar-refractivity contribution in [3.8, 4) is 0 Å². The molecular formula is C21H25N3O5. The Kier molecular flexibility index (Phi) is 5.75. The smallest absolute Gasteiger partial charge is 0.351 e. The van der Waals surface area contributed by atoms with Crippen molar-refractivity contribution >= 4 is 11.7 Å². The minimum absolute atomic E-state index is 0.131. The van der Waals surface area contributed by atoms with Gasteiger partial charge in [0, 0.05) is 6.20 Å². The van der Waals surface area contributed by atoms with E-state index in [9.17, 15) is 9.59 Å². The average molecular weight is 399 g/mol. The Hall–Kier alpha value is -2.55. The van der Waals surface area contributed by atoms with E-state index >= 15 is 0 Å². The van der Waals surface area contributed by atoms with Crippen molar-refractivity contribution in [2.75, 3.05) is 18.5 Å². The molecule has 0 radical (unpaired) electrons. The normalized spacial score (nSPS) is 23.6. The molecule has 0 bridgehead atoms. The average Bonchev–Trinajstić information content (AvgIpc) is 3.24. The molecule has 0 spiro atoms. The molecule has 2 fully saturated rings. The first-order valence-corrected chi connectivity index (χ1v) is 9.96. The number of aromatic nitrogens is 2. The van der Waals surface area contributed by atoms with E-state index in [4.69, 9.17) is 14.6 Å². The van der Waals surface area contributed by atoms with Crippen molar-refractivity contribution in [1.82, 2.24) is 9.55 Å². The third-order valence-corrected chi connectivity index (χ3v) is 5.73.